The largest absolute Gasteiger partial charge is 0.355 e. The van der Waals surface area contributed by atoms with Crippen LogP contribution < -0.4 is 10.5 Å². The number of hydrogen-bond donors (Lipinski definition) is 1. The van der Waals surface area contributed by atoms with Gasteiger partial charge >= 0.3 is 0 Å². The zero-order valence-electron chi connectivity index (χ0n) is 8.04. The molecule has 0 radical (unpaired) electrons. The quantitative estimate of drug-likeness (QED) is 0.768. The van der Waals surface area contributed by atoms with E-state index in [1.165, 1.54) is 6.33 Å². The molecule has 1 aliphatic heterocycles. The third kappa shape index (κ3) is 2.26. The molecule has 2 heterocycles. The number of rotatable bonds is 1. The predicted molar refractivity (Wildman–Crippen MR) is 61.0 cm³/mol. The number of halogens is 2. The van der Waals surface area contributed by atoms with Gasteiger partial charge in [-0.2, -0.15) is 0 Å². The summed E-state index contributed by atoms with van der Waals surface area (Å²) in [6.45, 7) is 1.59. The minimum Gasteiger partial charge on any atom is -0.355 e. The van der Waals surface area contributed by atoms with Gasteiger partial charge in [-0.1, -0.05) is 11.6 Å². The fourth-order valence-electron chi connectivity index (χ4n) is 1.65. The van der Waals surface area contributed by atoms with E-state index in [2.05, 4.69) is 9.97 Å². The maximum absolute atomic E-state index is 11.3. The Hall–Kier alpha value is -0.740. The summed E-state index contributed by atoms with van der Waals surface area (Å²) in [4.78, 5) is 19.8. The van der Waals surface area contributed by atoms with Crippen molar-refractivity contribution in [2.24, 2.45) is 0 Å². The number of aromatic nitrogens is 2. The van der Waals surface area contributed by atoms with Crippen molar-refractivity contribution in [2.75, 3.05) is 18.0 Å². The van der Waals surface area contributed by atoms with E-state index in [0.29, 0.717) is 5.82 Å². The number of aromatic amines is 1. The summed E-state index contributed by atoms with van der Waals surface area (Å²) in [5, 5.41) is 0.382. The third-order valence-electron chi connectivity index (χ3n) is 2.50. The van der Waals surface area contributed by atoms with Crippen molar-refractivity contribution in [2.45, 2.75) is 18.2 Å². The lowest BCUT2D eigenvalue weighted by Gasteiger charge is -2.30. The molecular formula is C9H11Cl2N3O. The Balaban J connectivity index is 2.23. The molecule has 0 amide bonds. The van der Waals surface area contributed by atoms with Crippen molar-refractivity contribution >= 4 is 29.0 Å². The van der Waals surface area contributed by atoms with E-state index in [4.69, 9.17) is 23.2 Å². The molecule has 0 atom stereocenters. The molecular weight excluding hydrogens is 237 g/mol. The number of piperidine rings is 1. The van der Waals surface area contributed by atoms with E-state index in [0.717, 1.165) is 25.9 Å². The first-order chi connectivity index (χ1) is 7.18. The maximum atomic E-state index is 11.3. The Bertz CT molecular complexity index is 399. The highest BCUT2D eigenvalue weighted by Crippen LogP contribution is 2.24. The first kappa shape index (κ1) is 10.8. The van der Waals surface area contributed by atoms with E-state index in [9.17, 15) is 4.79 Å². The molecule has 4 nitrogen and oxygen atoms in total. The maximum Gasteiger partial charge on any atom is 0.271 e. The van der Waals surface area contributed by atoms with Crippen LogP contribution in [0.4, 0.5) is 5.82 Å². The Labute approximate surface area is 97.2 Å². The van der Waals surface area contributed by atoms with Crippen LogP contribution in [0.15, 0.2) is 11.1 Å². The SMILES string of the molecule is O=c1[nH]cnc(N2CCC(Cl)CC2)c1Cl. The van der Waals surface area contributed by atoms with Crippen molar-refractivity contribution in [3.8, 4) is 0 Å². The summed E-state index contributed by atoms with van der Waals surface area (Å²) < 4.78 is 0. The van der Waals surface area contributed by atoms with Crippen molar-refractivity contribution in [3.63, 3.8) is 0 Å². The minimum absolute atomic E-state index is 0.158. The second-order valence-corrected chi connectivity index (χ2v) is 4.53. The van der Waals surface area contributed by atoms with Gasteiger partial charge in [0.15, 0.2) is 5.82 Å². The lowest BCUT2D eigenvalue weighted by atomic mass is 10.1. The lowest BCUT2D eigenvalue weighted by Crippen LogP contribution is -2.35. The molecule has 1 fully saturated rings. The van der Waals surface area contributed by atoms with E-state index >= 15 is 0 Å². The van der Waals surface area contributed by atoms with Crippen molar-refractivity contribution in [1.82, 2.24) is 9.97 Å². The van der Waals surface area contributed by atoms with Crippen LogP contribution in [0, 0.1) is 0 Å². The summed E-state index contributed by atoms with van der Waals surface area (Å²) in [6.07, 6.45) is 3.16. The Morgan fingerprint density at radius 1 is 1.47 bits per heavy atom. The van der Waals surface area contributed by atoms with Gasteiger partial charge in [-0.15, -0.1) is 11.6 Å². The van der Waals surface area contributed by atoms with Gasteiger partial charge in [0.05, 0.1) is 6.33 Å². The average molecular weight is 248 g/mol. The molecule has 0 saturated carbocycles. The van der Waals surface area contributed by atoms with Gasteiger partial charge in [0, 0.05) is 18.5 Å². The molecule has 1 aromatic heterocycles. The molecule has 1 N–H and O–H groups in total. The highest BCUT2D eigenvalue weighted by molar-refractivity contribution is 6.32. The molecule has 1 aliphatic rings. The van der Waals surface area contributed by atoms with Gasteiger partial charge in [-0.05, 0) is 12.8 Å². The summed E-state index contributed by atoms with van der Waals surface area (Å²) in [5.41, 5.74) is -0.297. The first-order valence-electron chi connectivity index (χ1n) is 4.80. The fraction of sp³-hybridized carbons (Fsp3) is 0.556. The molecule has 0 spiro atoms. The van der Waals surface area contributed by atoms with Crippen molar-refractivity contribution in [3.05, 3.63) is 21.7 Å². The van der Waals surface area contributed by atoms with Crippen LogP contribution in [0.3, 0.4) is 0 Å². The number of H-pyrrole nitrogens is 1. The van der Waals surface area contributed by atoms with Gasteiger partial charge in [0.2, 0.25) is 0 Å². The normalized spacial score (nSPS) is 18.1. The highest BCUT2D eigenvalue weighted by atomic mass is 35.5. The molecule has 0 aliphatic carbocycles. The summed E-state index contributed by atoms with van der Waals surface area (Å²) in [5.74, 6) is 0.559. The second-order valence-electron chi connectivity index (χ2n) is 3.53. The van der Waals surface area contributed by atoms with Crippen LogP contribution in [-0.2, 0) is 0 Å². The molecule has 0 aromatic carbocycles. The number of nitrogens with zero attached hydrogens (tertiary/aromatic N) is 2. The molecule has 82 valence electrons. The smallest absolute Gasteiger partial charge is 0.271 e. The van der Waals surface area contributed by atoms with Crippen LogP contribution in [0.25, 0.3) is 0 Å². The van der Waals surface area contributed by atoms with Crippen molar-refractivity contribution in [1.29, 1.82) is 0 Å². The molecule has 15 heavy (non-hydrogen) atoms. The van der Waals surface area contributed by atoms with E-state index in [1.54, 1.807) is 0 Å². The van der Waals surface area contributed by atoms with Crippen LogP contribution in [0.5, 0.6) is 0 Å². The zero-order valence-corrected chi connectivity index (χ0v) is 9.55. The number of alkyl halides is 1. The van der Waals surface area contributed by atoms with Gasteiger partial charge < -0.3 is 9.88 Å². The van der Waals surface area contributed by atoms with E-state index in [-0.39, 0.29) is 16.0 Å². The molecule has 0 bridgehead atoms. The van der Waals surface area contributed by atoms with Gasteiger partial charge in [0.25, 0.3) is 5.56 Å². The predicted octanol–water partition coefficient (Wildman–Crippen LogP) is 1.63. The monoisotopic (exact) mass is 247 g/mol. The standard InChI is InChI=1S/C9H11Cl2N3O/c10-6-1-3-14(4-2-6)8-7(11)9(15)13-5-12-8/h5-6H,1-4H2,(H,12,13,15). The number of nitrogens with one attached hydrogen (secondary N) is 1. The Morgan fingerprint density at radius 3 is 2.80 bits per heavy atom. The third-order valence-corrected chi connectivity index (χ3v) is 3.28. The fourth-order valence-corrected chi connectivity index (χ4v) is 2.07. The van der Waals surface area contributed by atoms with Crippen LogP contribution in [-0.4, -0.2) is 28.4 Å². The lowest BCUT2D eigenvalue weighted by molar-refractivity contribution is 0.580. The first-order valence-corrected chi connectivity index (χ1v) is 5.62. The highest BCUT2D eigenvalue weighted by Gasteiger charge is 2.20. The van der Waals surface area contributed by atoms with Crippen molar-refractivity contribution < 1.29 is 0 Å². The average Bonchev–Trinajstić information content (AvgIpc) is 2.24. The molecule has 1 saturated heterocycles. The van der Waals surface area contributed by atoms with Crippen LogP contribution >= 0.6 is 23.2 Å². The second kappa shape index (κ2) is 4.41. The van der Waals surface area contributed by atoms with Gasteiger partial charge in [-0.25, -0.2) is 4.98 Å². The topological polar surface area (TPSA) is 49.0 Å². The molecule has 0 unspecified atom stereocenters. The van der Waals surface area contributed by atoms with Gasteiger partial charge in [-0.3, -0.25) is 4.79 Å². The zero-order chi connectivity index (χ0) is 10.8. The van der Waals surface area contributed by atoms with Crippen LogP contribution in [0.2, 0.25) is 5.02 Å². The Kier molecular flexibility index (Phi) is 3.17. The van der Waals surface area contributed by atoms with Gasteiger partial charge in [0.1, 0.15) is 5.02 Å². The molecule has 2 rings (SSSR count). The van der Waals surface area contributed by atoms with E-state index in [1.807, 2.05) is 4.90 Å². The molecule has 1 aromatic rings. The molecule has 6 heteroatoms. The summed E-state index contributed by atoms with van der Waals surface area (Å²) in [7, 11) is 0. The summed E-state index contributed by atoms with van der Waals surface area (Å²) >= 11 is 11.9. The van der Waals surface area contributed by atoms with E-state index < -0.39 is 0 Å². The number of hydrogen-bond acceptors (Lipinski definition) is 3. The van der Waals surface area contributed by atoms with Crippen LogP contribution in [0.1, 0.15) is 12.8 Å². The Morgan fingerprint density at radius 2 is 2.13 bits per heavy atom. The minimum atomic E-state index is -0.297. The number of anilines is 1. The summed E-state index contributed by atoms with van der Waals surface area (Å²) in [6, 6.07) is 0.